The summed E-state index contributed by atoms with van der Waals surface area (Å²) in [5.74, 6) is 0.415. The highest BCUT2D eigenvalue weighted by Gasteiger charge is 2.16. The van der Waals surface area contributed by atoms with E-state index in [1.165, 1.54) is 18.2 Å². The molecular weight excluding hydrogens is 240 g/mol. The van der Waals surface area contributed by atoms with Gasteiger partial charge in [-0.05, 0) is 6.07 Å². The number of aliphatic hydroxyl groups excluding tert-OH is 1. The molecule has 0 aliphatic rings. The summed E-state index contributed by atoms with van der Waals surface area (Å²) in [7, 11) is 0. The molecule has 3 N–H and O–H groups in total. The molecule has 2 rings (SSSR count). The number of nitro benzene ring substituents is 1. The van der Waals surface area contributed by atoms with Gasteiger partial charge in [0.1, 0.15) is 0 Å². The fourth-order valence-electron chi connectivity index (χ4n) is 1.41. The lowest BCUT2D eigenvalue weighted by atomic mass is 10.1. The third-order valence-corrected chi connectivity index (χ3v) is 2.28. The Hall–Kier alpha value is -2.48. The van der Waals surface area contributed by atoms with Crippen LogP contribution in [0.5, 0.6) is 0 Å². The molecule has 8 nitrogen and oxygen atoms in total. The maximum atomic E-state index is 10.7. The van der Waals surface area contributed by atoms with E-state index in [1.54, 1.807) is 0 Å². The average Bonchev–Trinajstić information content (AvgIpc) is 2.78. The van der Waals surface area contributed by atoms with Crippen LogP contribution in [0, 0.1) is 10.1 Å². The molecule has 0 fully saturated rings. The van der Waals surface area contributed by atoms with E-state index < -0.39 is 4.92 Å². The van der Waals surface area contributed by atoms with E-state index in [9.17, 15) is 10.1 Å². The molecule has 0 spiro atoms. The molecule has 2 aromatic rings. The third-order valence-electron chi connectivity index (χ3n) is 2.28. The molecule has 1 heterocycles. The number of anilines is 1. The number of nitrogens with two attached hydrogens (primary N) is 1. The first-order chi connectivity index (χ1) is 8.61. The van der Waals surface area contributed by atoms with Crippen molar-refractivity contribution >= 4 is 11.4 Å². The van der Waals surface area contributed by atoms with Crippen molar-refractivity contribution in [3.05, 3.63) is 34.1 Å². The third kappa shape index (κ3) is 2.28. The first-order valence-corrected chi connectivity index (χ1v) is 5.09. The molecule has 0 atom stereocenters. The van der Waals surface area contributed by atoms with Gasteiger partial charge in [0.25, 0.3) is 11.6 Å². The molecule has 8 heteroatoms. The van der Waals surface area contributed by atoms with Gasteiger partial charge >= 0.3 is 0 Å². The van der Waals surface area contributed by atoms with Gasteiger partial charge < -0.3 is 15.4 Å². The topological polar surface area (TPSA) is 128 Å². The van der Waals surface area contributed by atoms with E-state index in [2.05, 4.69) is 10.1 Å². The molecule has 0 unspecified atom stereocenters. The Morgan fingerprint density at radius 3 is 2.94 bits per heavy atom. The van der Waals surface area contributed by atoms with Crippen LogP contribution in [0.3, 0.4) is 0 Å². The summed E-state index contributed by atoms with van der Waals surface area (Å²) in [4.78, 5) is 14.1. The Morgan fingerprint density at radius 2 is 2.28 bits per heavy atom. The number of hydrogen-bond acceptors (Lipinski definition) is 7. The number of non-ortho nitro benzene ring substituents is 1. The van der Waals surface area contributed by atoms with E-state index in [-0.39, 0.29) is 24.6 Å². The highest BCUT2D eigenvalue weighted by Crippen LogP contribution is 2.28. The van der Waals surface area contributed by atoms with E-state index in [0.29, 0.717) is 17.1 Å². The zero-order valence-corrected chi connectivity index (χ0v) is 9.24. The van der Waals surface area contributed by atoms with Gasteiger partial charge in [-0.15, -0.1) is 0 Å². The Bertz CT molecular complexity index is 581. The largest absolute Gasteiger partial charge is 0.398 e. The molecule has 0 aliphatic carbocycles. The minimum absolute atomic E-state index is 0.0969. The summed E-state index contributed by atoms with van der Waals surface area (Å²) in [5, 5.41) is 23.0. The van der Waals surface area contributed by atoms with Crippen LogP contribution in [0.4, 0.5) is 11.4 Å². The highest BCUT2D eigenvalue weighted by molar-refractivity contribution is 5.73. The van der Waals surface area contributed by atoms with E-state index in [1.807, 2.05) is 0 Å². The van der Waals surface area contributed by atoms with Crippen molar-refractivity contribution in [2.45, 2.75) is 6.42 Å². The van der Waals surface area contributed by atoms with Crippen LogP contribution in [-0.2, 0) is 6.42 Å². The van der Waals surface area contributed by atoms with Gasteiger partial charge in [0, 0.05) is 24.2 Å². The number of rotatable bonds is 4. The lowest BCUT2D eigenvalue weighted by Gasteiger charge is -1.99. The molecule has 18 heavy (non-hydrogen) atoms. The Labute approximate surface area is 101 Å². The van der Waals surface area contributed by atoms with Crippen LogP contribution in [-0.4, -0.2) is 26.8 Å². The lowest BCUT2D eigenvalue weighted by Crippen LogP contribution is -1.95. The average molecular weight is 250 g/mol. The molecule has 0 bridgehead atoms. The second-order valence-electron chi connectivity index (χ2n) is 3.52. The van der Waals surface area contributed by atoms with Gasteiger partial charge in [0.05, 0.1) is 17.1 Å². The minimum Gasteiger partial charge on any atom is -0.398 e. The fraction of sp³-hybridized carbons (Fsp3) is 0.200. The minimum atomic E-state index is -0.534. The van der Waals surface area contributed by atoms with Crippen molar-refractivity contribution in [1.82, 2.24) is 10.1 Å². The molecule has 0 aliphatic heterocycles. The van der Waals surface area contributed by atoms with Crippen molar-refractivity contribution in [3.8, 4) is 11.5 Å². The van der Waals surface area contributed by atoms with Crippen molar-refractivity contribution in [2.75, 3.05) is 12.3 Å². The van der Waals surface area contributed by atoms with Crippen LogP contribution in [0.15, 0.2) is 22.7 Å². The normalized spacial score (nSPS) is 10.5. The number of aliphatic hydroxyl groups is 1. The molecule has 0 amide bonds. The molecule has 0 radical (unpaired) electrons. The Kier molecular flexibility index (Phi) is 3.20. The molecule has 1 aromatic carbocycles. The van der Waals surface area contributed by atoms with Crippen LogP contribution < -0.4 is 5.73 Å². The van der Waals surface area contributed by atoms with E-state index in [0.717, 1.165) is 0 Å². The summed E-state index contributed by atoms with van der Waals surface area (Å²) < 4.78 is 4.94. The smallest absolute Gasteiger partial charge is 0.270 e. The Morgan fingerprint density at radius 1 is 1.50 bits per heavy atom. The number of aromatic nitrogens is 2. The quantitative estimate of drug-likeness (QED) is 0.465. The second-order valence-corrected chi connectivity index (χ2v) is 3.52. The van der Waals surface area contributed by atoms with Crippen molar-refractivity contribution in [1.29, 1.82) is 0 Å². The number of hydrogen-bond donors (Lipinski definition) is 2. The lowest BCUT2D eigenvalue weighted by molar-refractivity contribution is -0.384. The molecule has 0 saturated carbocycles. The van der Waals surface area contributed by atoms with Gasteiger partial charge in [-0.1, -0.05) is 5.16 Å². The van der Waals surface area contributed by atoms with Gasteiger partial charge in [0.2, 0.25) is 0 Å². The standard InChI is InChI=1S/C10H10N4O4/c11-8-2-1-6(14(16)17)5-7(8)10-12-9(3-4-15)13-18-10/h1-2,5,15H,3-4,11H2. The van der Waals surface area contributed by atoms with Crippen LogP contribution >= 0.6 is 0 Å². The van der Waals surface area contributed by atoms with Gasteiger partial charge in [0.15, 0.2) is 5.82 Å². The van der Waals surface area contributed by atoms with Crippen LogP contribution in [0.2, 0.25) is 0 Å². The number of nitro groups is 1. The van der Waals surface area contributed by atoms with Gasteiger partial charge in [-0.3, -0.25) is 10.1 Å². The molecule has 0 saturated heterocycles. The predicted molar refractivity (Wildman–Crippen MR) is 61.6 cm³/mol. The van der Waals surface area contributed by atoms with Gasteiger partial charge in [-0.2, -0.15) is 4.98 Å². The van der Waals surface area contributed by atoms with Crippen LogP contribution in [0.1, 0.15) is 5.82 Å². The maximum Gasteiger partial charge on any atom is 0.270 e. The SMILES string of the molecule is Nc1ccc([N+](=O)[O-])cc1-c1nc(CCO)no1. The molecular formula is C10H10N4O4. The number of nitrogen functional groups attached to an aromatic ring is 1. The molecule has 1 aromatic heterocycles. The summed E-state index contributed by atoms with van der Waals surface area (Å²) in [5.41, 5.74) is 6.21. The van der Waals surface area contributed by atoms with Crippen molar-refractivity contribution < 1.29 is 14.6 Å². The second kappa shape index (κ2) is 4.80. The fourth-order valence-corrected chi connectivity index (χ4v) is 1.41. The highest BCUT2D eigenvalue weighted by atomic mass is 16.6. The first-order valence-electron chi connectivity index (χ1n) is 5.09. The van der Waals surface area contributed by atoms with E-state index >= 15 is 0 Å². The monoisotopic (exact) mass is 250 g/mol. The summed E-state index contributed by atoms with van der Waals surface area (Å²) in [6.07, 6.45) is 0.248. The molecule has 94 valence electrons. The zero-order valence-electron chi connectivity index (χ0n) is 9.24. The maximum absolute atomic E-state index is 10.7. The summed E-state index contributed by atoms with van der Waals surface area (Å²) in [6, 6.07) is 3.97. The predicted octanol–water partition coefficient (Wildman–Crippen LogP) is 0.762. The number of nitrogens with zero attached hydrogens (tertiary/aromatic N) is 3. The number of benzene rings is 1. The Balaban J connectivity index is 2.41. The zero-order chi connectivity index (χ0) is 13.1. The summed E-state index contributed by atoms with van der Waals surface area (Å²) >= 11 is 0. The van der Waals surface area contributed by atoms with Crippen LogP contribution in [0.25, 0.3) is 11.5 Å². The van der Waals surface area contributed by atoms with Gasteiger partial charge in [-0.25, -0.2) is 0 Å². The first kappa shape index (κ1) is 12.0. The summed E-state index contributed by atoms with van der Waals surface area (Å²) in [6.45, 7) is -0.108. The van der Waals surface area contributed by atoms with Crippen molar-refractivity contribution in [2.24, 2.45) is 0 Å². The van der Waals surface area contributed by atoms with Crippen molar-refractivity contribution in [3.63, 3.8) is 0 Å². The van der Waals surface area contributed by atoms with E-state index in [4.69, 9.17) is 15.4 Å².